The number of alkyl halides is 3. The van der Waals surface area contributed by atoms with Crippen LogP contribution >= 0.6 is 0 Å². The molecule has 2 rings (SSSR count). The molecule has 1 unspecified atom stereocenters. The van der Waals surface area contributed by atoms with E-state index in [9.17, 15) is 13.2 Å². The van der Waals surface area contributed by atoms with Crippen LogP contribution in [0, 0.1) is 0 Å². The fourth-order valence-corrected chi connectivity index (χ4v) is 2.34. The van der Waals surface area contributed by atoms with Gasteiger partial charge in [0.2, 0.25) is 0 Å². The third-order valence-electron chi connectivity index (χ3n) is 3.46. The Hall–Kier alpha value is -1.07. The summed E-state index contributed by atoms with van der Waals surface area (Å²) in [6.45, 7) is 0.270. The van der Waals surface area contributed by atoms with Crippen LogP contribution in [0.4, 0.5) is 13.2 Å². The maximum atomic E-state index is 12.6. The Bertz CT molecular complexity index is 413. The molecule has 1 fully saturated rings. The molecule has 0 aromatic heterocycles. The smallest absolute Gasteiger partial charge is 0.376 e. The number of hydrogen-bond acceptors (Lipinski definition) is 2. The van der Waals surface area contributed by atoms with Gasteiger partial charge in [0, 0.05) is 0 Å². The normalized spacial score (nSPS) is 18.7. The van der Waals surface area contributed by atoms with Crippen molar-refractivity contribution in [1.29, 1.82) is 0 Å². The van der Waals surface area contributed by atoms with E-state index in [0.717, 1.165) is 37.8 Å². The predicted molar refractivity (Wildman–Crippen MR) is 66.6 cm³/mol. The highest BCUT2D eigenvalue weighted by molar-refractivity contribution is 5.27. The van der Waals surface area contributed by atoms with Gasteiger partial charge in [0.05, 0.1) is 24.3 Å². The second kappa shape index (κ2) is 5.92. The number of nitrogens with two attached hydrogens (primary N) is 1. The van der Waals surface area contributed by atoms with Gasteiger partial charge in [-0.2, -0.15) is 13.2 Å². The van der Waals surface area contributed by atoms with Gasteiger partial charge in [0.25, 0.3) is 0 Å². The summed E-state index contributed by atoms with van der Waals surface area (Å²) < 4.78 is 43.4. The third-order valence-corrected chi connectivity index (χ3v) is 3.46. The predicted octanol–water partition coefficient (Wildman–Crippen LogP) is 3.66. The molecule has 0 amide bonds. The van der Waals surface area contributed by atoms with Gasteiger partial charge < -0.3 is 10.5 Å². The Kier molecular flexibility index (Phi) is 4.47. The Morgan fingerprint density at radius 1 is 1.26 bits per heavy atom. The van der Waals surface area contributed by atoms with Crippen LogP contribution in [0.1, 0.15) is 42.9 Å². The summed E-state index contributed by atoms with van der Waals surface area (Å²) in [7, 11) is 0. The van der Waals surface area contributed by atoms with E-state index in [1.165, 1.54) is 6.07 Å². The summed E-state index contributed by atoms with van der Waals surface area (Å²) in [6.07, 6.45) is 0.247. The van der Waals surface area contributed by atoms with E-state index in [1.54, 1.807) is 6.07 Å². The van der Waals surface area contributed by atoms with Gasteiger partial charge in [-0.05, 0) is 30.5 Å². The van der Waals surface area contributed by atoms with Gasteiger partial charge in [-0.15, -0.1) is 0 Å². The SMILES string of the molecule is NC(COC1CCCC1)c1cccc(C(F)(F)F)c1. The molecule has 0 radical (unpaired) electrons. The summed E-state index contributed by atoms with van der Waals surface area (Å²) >= 11 is 0. The Balaban J connectivity index is 1.96. The minimum atomic E-state index is -4.33. The second-order valence-electron chi connectivity index (χ2n) is 4.97. The number of halogens is 3. The van der Waals surface area contributed by atoms with Crippen molar-refractivity contribution < 1.29 is 17.9 Å². The van der Waals surface area contributed by atoms with Crippen molar-refractivity contribution in [2.75, 3.05) is 6.61 Å². The van der Waals surface area contributed by atoms with Crippen molar-refractivity contribution in [3.05, 3.63) is 35.4 Å². The molecular formula is C14H18F3NO. The minimum Gasteiger partial charge on any atom is -0.376 e. The summed E-state index contributed by atoms with van der Waals surface area (Å²) in [5.74, 6) is 0. The molecule has 1 aliphatic rings. The molecule has 0 aliphatic heterocycles. The largest absolute Gasteiger partial charge is 0.416 e. The van der Waals surface area contributed by atoms with Crippen LogP contribution in [0.15, 0.2) is 24.3 Å². The van der Waals surface area contributed by atoms with Crippen molar-refractivity contribution in [1.82, 2.24) is 0 Å². The monoisotopic (exact) mass is 273 g/mol. The molecule has 0 bridgehead atoms. The summed E-state index contributed by atoms with van der Waals surface area (Å²) in [5, 5.41) is 0. The first-order chi connectivity index (χ1) is 8.97. The number of rotatable bonds is 4. The van der Waals surface area contributed by atoms with Crippen LogP contribution in [0.25, 0.3) is 0 Å². The van der Waals surface area contributed by atoms with Crippen LogP contribution in [0.5, 0.6) is 0 Å². The quantitative estimate of drug-likeness (QED) is 0.908. The van der Waals surface area contributed by atoms with Crippen LogP contribution in [0.2, 0.25) is 0 Å². The molecule has 106 valence electrons. The van der Waals surface area contributed by atoms with Crippen molar-refractivity contribution in [3.63, 3.8) is 0 Å². The number of benzene rings is 1. The number of hydrogen-bond donors (Lipinski definition) is 1. The van der Waals surface area contributed by atoms with E-state index in [-0.39, 0.29) is 12.7 Å². The van der Waals surface area contributed by atoms with Crippen molar-refractivity contribution in [2.24, 2.45) is 5.73 Å². The van der Waals surface area contributed by atoms with E-state index in [2.05, 4.69) is 0 Å². The average molecular weight is 273 g/mol. The lowest BCUT2D eigenvalue weighted by Crippen LogP contribution is -2.21. The topological polar surface area (TPSA) is 35.2 Å². The first-order valence-electron chi connectivity index (χ1n) is 6.51. The van der Waals surface area contributed by atoms with E-state index < -0.39 is 17.8 Å². The molecule has 1 aromatic carbocycles. The first kappa shape index (κ1) is 14.3. The fourth-order valence-electron chi connectivity index (χ4n) is 2.34. The Morgan fingerprint density at radius 2 is 1.95 bits per heavy atom. The molecule has 2 nitrogen and oxygen atoms in total. The first-order valence-corrected chi connectivity index (χ1v) is 6.51. The zero-order valence-corrected chi connectivity index (χ0v) is 10.6. The summed E-state index contributed by atoms with van der Waals surface area (Å²) in [6, 6.07) is 4.63. The molecular weight excluding hydrogens is 255 g/mol. The zero-order chi connectivity index (χ0) is 13.9. The third kappa shape index (κ3) is 3.94. The molecule has 1 aliphatic carbocycles. The maximum Gasteiger partial charge on any atom is 0.416 e. The van der Waals surface area contributed by atoms with Gasteiger partial charge >= 0.3 is 6.18 Å². The highest BCUT2D eigenvalue weighted by Crippen LogP contribution is 2.30. The molecule has 0 spiro atoms. The standard InChI is InChI=1S/C14H18F3NO/c15-14(16,17)11-5-3-4-10(8-11)13(18)9-19-12-6-1-2-7-12/h3-5,8,12-13H,1-2,6-7,9,18H2. The van der Waals surface area contributed by atoms with Crippen molar-refractivity contribution in [3.8, 4) is 0 Å². The zero-order valence-electron chi connectivity index (χ0n) is 10.6. The van der Waals surface area contributed by atoms with Gasteiger partial charge in [-0.3, -0.25) is 0 Å². The van der Waals surface area contributed by atoms with Crippen molar-refractivity contribution in [2.45, 2.75) is 44.0 Å². The van der Waals surface area contributed by atoms with Gasteiger partial charge in [-0.25, -0.2) is 0 Å². The molecule has 5 heteroatoms. The molecule has 0 heterocycles. The second-order valence-corrected chi connectivity index (χ2v) is 4.97. The van der Waals surface area contributed by atoms with Crippen molar-refractivity contribution >= 4 is 0 Å². The van der Waals surface area contributed by atoms with Gasteiger partial charge in [0.15, 0.2) is 0 Å². The fraction of sp³-hybridized carbons (Fsp3) is 0.571. The number of ether oxygens (including phenoxy) is 1. The molecule has 1 saturated carbocycles. The Morgan fingerprint density at radius 3 is 2.58 bits per heavy atom. The van der Waals surface area contributed by atoms with Crippen LogP contribution in [0.3, 0.4) is 0 Å². The van der Waals surface area contributed by atoms with Crippen LogP contribution < -0.4 is 5.73 Å². The van der Waals surface area contributed by atoms with Gasteiger partial charge in [0.1, 0.15) is 0 Å². The summed E-state index contributed by atoms with van der Waals surface area (Å²) in [4.78, 5) is 0. The van der Waals surface area contributed by atoms with Crippen LogP contribution in [-0.2, 0) is 10.9 Å². The highest BCUT2D eigenvalue weighted by atomic mass is 19.4. The highest BCUT2D eigenvalue weighted by Gasteiger charge is 2.30. The lowest BCUT2D eigenvalue weighted by atomic mass is 10.0. The van der Waals surface area contributed by atoms with E-state index in [0.29, 0.717) is 5.56 Å². The molecule has 19 heavy (non-hydrogen) atoms. The van der Waals surface area contributed by atoms with E-state index in [1.807, 2.05) is 0 Å². The lowest BCUT2D eigenvalue weighted by Gasteiger charge is -2.17. The molecule has 1 aromatic rings. The molecule has 2 N–H and O–H groups in total. The minimum absolute atomic E-state index is 0.219. The molecule has 1 atom stereocenters. The maximum absolute atomic E-state index is 12.6. The Labute approximate surface area is 110 Å². The van der Waals surface area contributed by atoms with E-state index >= 15 is 0 Å². The summed E-state index contributed by atoms with van der Waals surface area (Å²) in [5.41, 5.74) is 5.69. The van der Waals surface area contributed by atoms with Gasteiger partial charge in [-0.1, -0.05) is 25.0 Å². The lowest BCUT2D eigenvalue weighted by molar-refractivity contribution is -0.137. The molecule has 0 saturated heterocycles. The van der Waals surface area contributed by atoms with Crippen LogP contribution in [-0.4, -0.2) is 12.7 Å². The average Bonchev–Trinajstić information content (AvgIpc) is 2.88. The van der Waals surface area contributed by atoms with E-state index in [4.69, 9.17) is 10.5 Å².